The lowest BCUT2D eigenvalue weighted by molar-refractivity contribution is -0.132. The quantitative estimate of drug-likeness (QED) is 0.715. The number of carbonyl (C=O) groups excluding carboxylic acids is 2. The molecule has 21 heavy (non-hydrogen) atoms. The number of nitrogens with one attached hydrogen (secondary N) is 1. The lowest BCUT2D eigenvalue weighted by atomic mass is 9.76. The lowest BCUT2D eigenvalue weighted by Gasteiger charge is -2.31. The molecule has 0 fully saturated rings. The molecule has 0 aromatic heterocycles. The van der Waals surface area contributed by atoms with Gasteiger partial charge in [0.1, 0.15) is 0 Å². The minimum atomic E-state index is -0.189. The van der Waals surface area contributed by atoms with Crippen molar-refractivity contribution in [3.8, 4) is 0 Å². The van der Waals surface area contributed by atoms with Gasteiger partial charge in [-0.2, -0.15) is 0 Å². The van der Waals surface area contributed by atoms with E-state index in [4.69, 9.17) is 5.73 Å². The number of hydrogen-bond donors (Lipinski definition) is 2. The van der Waals surface area contributed by atoms with Gasteiger partial charge < -0.3 is 16.0 Å². The van der Waals surface area contributed by atoms with Gasteiger partial charge in [0.25, 0.3) is 0 Å². The zero-order valence-electron chi connectivity index (χ0n) is 14.5. The van der Waals surface area contributed by atoms with Crippen LogP contribution in [0.4, 0.5) is 0 Å². The van der Waals surface area contributed by atoms with Crippen LogP contribution in [-0.4, -0.2) is 43.9 Å². The van der Waals surface area contributed by atoms with E-state index >= 15 is 0 Å². The molecule has 0 aliphatic rings. The fourth-order valence-corrected chi connectivity index (χ4v) is 2.54. The molecule has 0 spiro atoms. The van der Waals surface area contributed by atoms with Crippen LogP contribution >= 0.6 is 0 Å². The Morgan fingerprint density at radius 2 is 1.81 bits per heavy atom. The predicted molar refractivity (Wildman–Crippen MR) is 86.7 cm³/mol. The summed E-state index contributed by atoms with van der Waals surface area (Å²) in [5.41, 5.74) is 5.83. The Morgan fingerprint density at radius 3 is 2.24 bits per heavy atom. The minimum Gasteiger partial charge on any atom is -0.359 e. The van der Waals surface area contributed by atoms with E-state index in [0.29, 0.717) is 25.4 Å². The summed E-state index contributed by atoms with van der Waals surface area (Å²) >= 11 is 0. The molecule has 0 aliphatic carbocycles. The Balaban J connectivity index is 4.37. The van der Waals surface area contributed by atoms with Crippen molar-refractivity contribution in [1.29, 1.82) is 0 Å². The molecule has 3 N–H and O–H groups in total. The van der Waals surface area contributed by atoms with Crippen molar-refractivity contribution in [2.24, 2.45) is 23.0 Å². The molecule has 2 amide bonds. The van der Waals surface area contributed by atoms with E-state index in [2.05, 4.69) is 26.1 Å². The lowest BCUT2D eigenvalue weighted by Crippen LogP contribution is -2.37. The third-order valence-electron chi connectivity index (χ3n) is 4.11. The molecule has 5 nitrogen and oxygen atoms in total. The van der Waals surface area contributed by atoms with E-state index in [1.54, 1.807) is 19.0 Å². The van der Waals surface area contributed by atoms with E-state index in [1.165, 1.54) is 0 Å². The van der Waals surface area contributed by atoms with Crippen LogP contribution in [0.25, 0.3) is 0 Å². The van der Waals surface area contributed by atoms with Crippen LogP contribution in [-0.2, 0) is 9.59 Å². The van der Waals surface area contributed by atoms with Gasteiger partial charge in [-0.05, 0) is 30.7 Å². The number of carbonyl (C=O) groups is 2. The van der Waals surface area contributed by atoms with Gasteiger partial charge in [-0.1, -0.05) is 27.7 Å². The number of nitrogens with two attached hydrogens (primary N) is 1. The summed E-state index contributed by atoms with van der Waals surface area (Å²) in [6.45, 7) is 9.50. The Hall–Kier alpha value is -1.10. The highest BCUT2D eigenvalue weighted by Crippen LogP contribution is 2.32. The molecule has 124 valence electrons. The summed E-state index contributed by atoms with van der Waals surface area (Å²) in [4.78, 5) is 25.3. The standard InChI is InChI=1S/C16H33N3O2/c1-12(15(21)18-5)11-19(6)14(20)8-7-13(9-10-17)16(2,3)4/h12-13H,7-11,17H2,1-6H3,(H,18,21). The van der Waals surface area contributed by atoms with Crippen LogP contribution in [0, 0.1) is 17.3 Å². The third kappa shape index (κ3) is 7.46. The third-order valence-corrected chi connectivity index (χ3v) is 4.11. The number of rotatable bonds is 8. The first kappa shape index (κ1) is 19.9. The summed E-state index contributed by atoms with van der Waals surface area (Å²) in [7, 11) is 3.37. The van der Waals surface area contributed by atoms with E-state index in [1.807, 2.05) is 6.92 Å². The number of nitrogens with zero attached hydrogens (tertiary/aromatic N) is 1. The maximum absolute atomic E-state index is 12.2. The maximum Gasteiger partial charge on any atom is 0.224 e. The monoisotopic (exact) mass is 299 g/mol. The van der Waals surface area contributed by atoms with Crippen molar-refractivity contribution in [2.75, 3.05) is 27.2 Å². The van der Waals surface area contributed by atoms with Gasteiger partial charge in [0, 0.05) is 27.1 Å². The fourth-order valence-electron chi connectivity index (χ4n) is 2.54. The van der Waals surface area contributed by atoms with Crippen LogP contribution < -0.4 is 11.1 Å². The molecule has 0 aromatic carbocycles. The summed E-state index contributed by atoms with van der Waals surface area (Å²) in [6.07, 6.45) is 2.30. The molecule has 2 atom stereocenters. The second kappa shape index (κ2) is 9.03. The highest BCUT2D eigenvalue weighted by atomic mass is 16.2. The van der Waals surface area contributed by atoms with E-state index < -0.39 is 0 Å². The second-order valence-corrected chi connectivity index (χ2v) is 6.97. The second-order valence-electron chi connectivity index (χ2n) is 6.97. The van der Waals surface area contributed by atoms with Gasteiger partial charge in [0.15, 0.2) is 0 Å². The van der Waals surface area contributed by atoms with Crippen LogP contribution in [0.2, 0.25) is 0 Å². The number of hydrogen-bond acceptors (Lipinski definition) is 3. The Labute approximate surface area is 129 Å². The van der Waals surface area contributed by atoms with Gasteiger partial charge in [-0.25, -0.2) is 0 Å². The summed E-state index contributed by atoms with van der Waals surface area (Å²) in [6, 6.07) is 0. The van der Waals surface area contributed by atoms with Gasteiger partial charge >= 0.3 is 0 Å². The Kier molecular flexibility index (Phi) is 8.55. The van der Waals surface area contributed by atoms with E-state index in [-0.39, 0.29) is 23.1 Å². The first-order valence-electron chi connectivity index (χ1n) is 7.79. The predicted octanol–water partition coefficient (Wildman–Crippen LogP) is 1.62. The summed E-state index contributed by atoms with van der Waals surface area (Å²) in [5, 5.41) is 2.61. The fraction of sp³-hybridized carbons (Fsp3) is 0.875. The molecule has 0 saturated carbocycles. The van der Waals surface area contributed by atoms with Gasteiger partial charge in [-0.15, -0.1) is 0 Å². The summed E-state index contributed by atoms with van der Waals surface area (Å²) in [5.74, 6) is 0.310. The van der Waals surface area contributed by atoms with E-state index in [0.717, 1.165) is 12.8 Å². The first-order chi connectivity index (χ1) is 9.63. The van der Waals surface area contributed by atoms with Crippen molar-refractivity contribution in [1.82, 2.24) is 10.2 Å². The Morgan fingerprint density at radius 1 is 1.24 bits per heavy atom. The van der Waals surface area contributed by atoms with Crippen LogP contribution in [0.15, 0.2) is 0 Å². The minimum absolute atomic E-state index is 0.0367. The van der Waals surface area contributed by atoms with Gasteiger partial charge in [0.2, 0.25) is 11.8 Å². The highest BCUT2D eigenvalue weighted by molar-refractivity contribution is 5.80. The van der Waals surface area contributed by atoms with Crippen LogP contribution in [0.3, 0.4) is 0 Å². The molecule has 0 aliphatic heterocycles. The van der Waals surface area contributed by atoms with Crippen molar-refractivity contribution in [3.63, 3.8) is 0 Å². The maximum atomic E-state index is 12.2. The molecule has 5 heteroatoms. The highest BCUT2D eigenvalue weighted by Gasteiger charge is 2.25. The van der Waals surface area contributed by atoms with Crippen molar-refractivity contribution in [3.05, 3.63) is 0 Å². The molecule has 2 unspecified atom stereocenters. The smallest absolute Gasteiger partial charge is 0.224 e. The van der Waals surface area contributed by atoms with Gasteiger partial charge in [-0.3, -0.25) is 9.59 Å². The molecule has 0 bridgehead atoms. The largest absolute Gasteiger partial charge is 0.359 e. The Bertz CT molecular complexity index is 337. The van der Waals surface area contributed by atoms with Crippen molar-refractivity contribution in [2.45, 2.75) is 47.0 Å². The average Bonchev–Trinajstić information content (AvgIpc) is 2.40. The molecular weight excluding hydrogens is 266 g/mol. The van der Waals surface area contributed by atoms with Crippen molar-refractivity contribution >= 4 is 11.8 Å². The van der Waals surface area contributed by atoms with Crippen molar-refractivity contribution < 1.29 is 9.59 Å². The topological polar surface area (TPSA) is 75.4 Å². The zero-order valence-corrected chi connectivity index (χ0v) is 14.5. The van der Waals surface area contributed by atoms with Gasteiger partial charge in [0.05, 0.1) is 5.92 Å². The summed E-state index contributed by atoms with van der Waals surface area (Å²) < 4.78 is 0. The molecular formula is C16H33N3O2. The van der Waals surface area contributed by atoms with Crippen LogP contribution in [0.5, 0.6) is 0 Å². The molecule has 0 heterocycles. The average molecular weight is 299 g/mol. The molecule has 0 radical (unpaired) electrons. The first-order valence-corrected chi connectivity index (χ1v) is 7.79. The number of amides is 2. The van der Waals surface area contributed by atoms with E-state index in [9.17, 15) is 9.59 Å². The molecule has 0 saturated heterocycles. The molecule has 0 aromatic rings. The SMILES string of the molecule is CNC(=O)C(C)CN(C)C(=O)CCC(CCN)C(C)(C)C. The zero-order chi connectivity index (χ0) is 16.6. The normalized spacial score (nSPS) is 14.4. The molecule has 0 rings (SSSR count). The van der Waals surface area contributed by atoms with Crippen LogP contribution in [0.1, 0.15) is 47.0 Å².